The molecule has 4 heteroatoms. The Morgan fingerprint density at radius 3 is 2.16 bits per heavy atom. The lowest BCUT2D eigenvalue weighted by molar-refractivity contribution is -0.137. The highest BCUT2D eigenvalue weighted by Crippen LogP contribution is 2.35. The Morgan fingerprint density at radius 1 is 1.21 bits per heavy atom. The standard InChI is InChI=1S/C15H28N2O2/c1-11-3-5-12(6-4-11)17(13-7-8-13)15(18)9-14(10-16)19-2/h11-14H,3-10,16H2,1-2H3. The molecule has 2 fully saturated rings. The minimum Gasteiger partial charge on any atom is -0.380 e. The van der Waals surface area contributed by atoms with Gasteiger partial charge in [0.05, 0.1) is 12.5 Å². The third kappa shape index (κ3) is 3.93. The highest BCUT2D eigenvalue weighted by molar-refractivity contribution is 5.77. The summed E-state index contributed by atoms with van der Waals surface area (Å²) in [7, 11) is 1.63. The van der Waals surface area contributed by atoms with E-state index >= 15 is 0 Å². The molecular weight excluding hydrogens is 240 g/mol. The van der Waals surface area contributed by atoms with Crippen LogP contribution in [0.2, 0.25) is 0 Å². The van der Waals surface area contributed by atoms with Gasteiger partial charge in [-0.25, -0.2) is 0 Å². The van der Waals surface area contributed by atoms with Crippen LogP contribution in [-0.2, 0) is 9.53 Å². The molecule has 2 aliphatic carbocycles. The molecule has 110 valence electrons. The van der Waals surface area contributed by atoms with Crippen LogP contribution in [0.5, 0.6) is 0 Å². The fraction of sp³-hybridized carbons (Fsp3) is 0.933. The molecule has 0 aliphatic heterocycles. The first-order valence-corrected chi connectivity index (χ1v) is 7.69. The van der Waals surface area contributed by atoms with Crippen molar-refractivity contribution in [2.45, 2.75) is 70.1 Å². The molecule has 0 aromatic carbocycles. The fourth-order valence-corrected chi connectivity index (χ4v) is 3.14. The van der Waals surface area contributed by atoms with E-state index in [4.69, 9.17) is 10.5 Å². The van der Waals surface area contributed by atoms with Crippen LogP contribution in [0.1, 0.15) is 51.9 Å². The highest BCUT2D eigenvalue weighted by Gasteiger charge is 2.38. The van der Waals surface area contributed by atoms with Gasteiger partial charge in [0, 0.05) is 25.7 Å². The summed E-state index contributed by atoms with van der Waals surface area (Å²) in [6.45, 7) is 2.73. The first-order valence-electron chi connectivity index (χ1n) is 7.69. The van der Waals surface area contributed by atoms with Gasteiger partial charge < -0.3 is 15.4 Å². The minimum atomic E-state index is -0.128. The number of methoxy groups -OCH3 is 1. The van der Waals surface area contributed by atoms with Crippen molar-refractivity contribution in [1.29, 1.82) is 0 Å². The molecular formula is C15H28N2O2. The number of amides is 1. The van der Waals surface area contributed by atoms with Gasteiger partial charge in [-0.05, 0) is 44.4 Å². The first kappa shape index (κ1) is 14.8. The van der Waals surface area contributed by atoms with E-state index in [1.54, 1.807) is 7.11 Å². The Labute approximate surface area is 116 Å². The van der Waals surface area contributed by atoms with Gasteiger partial charge in [0.2, 0.25) is 5.91 Å². The van der Waals surface area contributed by atoms with Crippen molar-refractivity contribution in [3.05, 3.63) is 0 Å². The van der Waals surface area contributed by atoms with Gasteiger partial charge in [-0.3, -0.25) is 4.79 Å². The van der Waals surface area contributed by atoms with Crippen molar-refractivity contribution in [3.8, 4) is 0 Å². The molecule has 0 aromatic rings. The van der Waals surface area contributed by atoms with Crippen LogP contribution in [0.25, 0.3) is 0 Å². The van der Waals surface area contributed by atoms with Crippen molar-refractivity contribution in [3.63, 3.8) is 0 Å². The summed E-state index contributed by atoms with van der Waals surface area (Å²) in [6, 6.07) is 0.965. The van der Waals surface area contributed by atoms with Crippen molar-refractivity contribution >= 4 is 5.91 Å². The maximum absolute atomic E-state index is 12.5. The van der Waals surface area contributed by atoms with E-state index in [0.717, 1.165) is 5.92 Å². The summed E-state index contributed by atoms with van der Waals surface area (Å²) in [5.41, 5.74) is 5.62. The minimum absolute atomic E-state index is 0.128. The van der Waals surface area contributed by atoms with E-state index in [-0.39, 0.29) is 12.0 Å². The average molecular weight is 268 g/mol. The van der Waals surface area contributed by atoms with Crippen LogP contribution in [0.15, 0.2) is 0 Å². The molecule has 2 saturated carbocycles. The van der Waals surface area contributed by atoms with Gasteiger partial charge in [-0.15, -0.1) is 0 Å². The second-order valence-electron chi connectivity index (χ2n) is 6.24. The molecule has 1 atom stereocenters. The van der Waals surface area contributed by atoms with E-state index in [2.05, 4.69) is 11.8 Å². The van der Waals surface area contributed by atoms with Gasteiger partial charge in [-0.1, -0.05) is 6.92 Å². The normalized spacial score (nSPS) is 29.0. The largest absolute Gasteiger partial charge is 0.380 e. The lowest BCUT2D eigenvalue weighted by Crippen LogP contribution is -2.45. The molecule has 4 nitrogen and oxygen atoms in total. The zero-order chi connectivity index (χ0) is 13.8. The average Bonchev–Trinajstić information content (AvgIpc) is 3.23. The Balaban J connectivity index is 1.93. The number of hydrogen-bond donors (Lipinski definition) is 1. The van der Waals surface area contributed by atoms with Crippen molar-refractivity contribution in [2.24, 2.45) is 11.7 Å². The zero-order valence-electron chi connectivity index (χ0n) is 12.3. The van der Waals surface area contributed by atoms with Gasteiger partial charge in [-0.2, -0.15) is 0 Å². The maximum atomic E-state index is 12.5. The van der Waals surface area contributed by atoms with Crippen molar-refractivity contribution in [1.82, 2.24) is 4.90 Å². The smallest absolute Gasteiger partial charge is 0.225 e. The molecule has 0 heterocycles. The quantitative estimate of drug-likeness (QED) is 0.800. The summed E-state index contributed by atoms with van der Waals surface area (Å²) in [5.74, 6) is 1.07. The van der Waals surface area contributed by atoms with E-state index < -0.39 is 0 Å². The molecule has 0 bridgehead atoms. The van der Waals surface area contributed by atoms with Gasteiger partial charge >= 0.3 is 0 Å². The molecule has 0 saturated heterocycles. The number of rotatable bonds is 6. The molecule has 0 spiro atoms. The number of carbonyl (C=O) groups is 1. The molecule has 0 aromatic heterocycles. The van der Waals surface area contributed by atoms with Crippen LogP contribution in [0, 0.1) is 5.92 Å². The van der Waals surface area contributed by atoms with Gasteiger partial charge in [0.1, 0.15) is 0 Å². The zero-order valence-corrected chi connectivity index (χ0v) is 12.3. The maximum Gasteiger partial charge on any atom is 0.225 e. The SMILES string of the molecule is COC(CN)CC(=O)N(C1CCC(C)CC1)C1CC1. The summed E-state index contributed by atoms with van der Waals surface area (Å²) in [5, 5.41) is 0. The Hall–Kier alpha value is -0.610. The highest BCUT2D eigenvalue weighted by atomic mass is 16.5. The molecule has 1 unspecified atom stereocenters. The van der Waals surface area contributed by atoms with Crippen LogP contribution in [-0.4, -0.2) is 42.6 Å². The summed E-state index contributed by atoms with van der Waals surface area (Å²) in [6.07, 6.45) is 7.52. The number of nitrogens with zero attached hydrogens (tertiary/aromatic N) is 1. The third-order valence-electron chi connectivity index (χ3n) is 4.61. The van der Waals surface area contributed by atoms with Crippen molar-refractivity contribution < 1.29 is 9.53 Å². The van der Waals surface area contributed by atoms with Crippen LogP contribution >= 0.6 is 0 Å². The predicted octanol–water partition coefficient (Wildman–Crippen LogP) is 1.92. The number of nitrogens with two attached hydrogens (primary N) is 1. The summed E-state index contributed by atoms with van der Waals surface area (Å²) < 4.78 is 5.25. The monoisotopic (exact) mass is 268 g/mol. The second-order valence-corrected chi connectivity index (χ2v) is 6.24. The number of carbonyl (C=O) groups excluding carboxylic acids is 1. The third-order valence-corrected chi connectivity index (χ3v) is 4.61. The van der Waals surface area contributed by atoms with E-state index in [1.165, 1.54) is 38.5 Å². The summed E-state index contributed by atoms with van der Waals surface area (Å²) in [4.78, 5) is 14.7. The van der Waals surface area contributed by atoms with Crippen LogP contribution < -0.4 is 5.73 Å². The van der Waals surface area contributed by atoms with Crippen LogP contribution in [0.3, 0.4) is 0 Å². The van der Waals surface area contributed by atoms with E-state index in [0.29, 0.717) is 25.0 Å². The lowest BCUT2D eigenvalue weighted by Gasteiger charge is -2.37. The number of ether oxygens (including phenoxy) is 1. The Bertz CT molecular complexity index is 293. The van der Waals surface area contributed by atoms with Gasteiger partial charge in [0.25, 0.3) is 0 Å². The first-order chi connectivity index (χ1) is 9.15. The van der Waals surface area contributed by atoms with Gasteiger partial charge in [0.15, 0.2) is 0 Å². The van der Waals surface area contributed by atoms with E-state index in [9.17, 15) is 4.79 Å². The topological polar surface area (TPSA) is 55.6 Å². The predicted molar refractivity (Wildman–Crippen MR) is 75.8 cm³/mol. The molecule has 2 rings (SSSR count). The number of hydrogen-bond acceptors (Lipinski definition) is 3. The van der Waals surface area contributed by atoms with E-state index in [1.807, 2.05) is 0 Å². The van der Waals surface area contributed by atoms with Crippen molar-refractivity contribution in [2.75, 3.05) is 13.7 Å². The molecule has 0 radical (unpaired) electrons. The lowest BCUT2D eigenvalue weighted by atomic mass is 9.86. The fourth-order valence-electron chi connectivity index (χ4n) is 3.14. The Morgan fingerprint density at radius 2 is 1.74 bits per heavy atom. The second kappa shape index (κ2) is 6.71. The molecule has 2 N–H and O–H groups in total. The molecule has 1 amide bonds. The molecule has 19 heavy (non-hydrogen) atoms. The molecule has 2 aliphatic rings. The summed E-state index contributed by atoms with van der Waals surface area (Å²) >= 11 is 0. The van der Waals surface area contributed by atoms with Crippen LogP contribution in [0.4, 0.5) is 0 Å². The Kier molecular flexibility index (Phi) is 5.22.